The second kappa shape index (κ2) is 6.16. The van der Waals surface area contributed by atoms with Crippen molar-refractivity contribution in [2.75, 3.05) is 11.9 Å². The number of aryl methyl sites for hydroxylation is 1. The molecule has 0 saturated heterocycles. The molecule has 0 aromatic heterocycles. The fourth-order valence-electron chi connectivity index (χ4n) is 1.85. The second-order valence-electron chi connectivity index (χ2n) is 4.53. The highest BCUT2D eigenvalue weighted by molar-refractivity contribution is 5.91. The number of nitrogens with two attached hydrogens (primary N) is 1. The van der Waals surface area contributed by atoms with E-state index in [0.717, 1.165) is 11.3 Å². The largest absolute Gasteiger partial charge is 0.330 e. The average molecular weight is 254 g/mol. The van der Waals surface area contributed by atoms with E-state index in [1.807, 2.05) is 24.3 Å². The van der Waals surface area contributed by atoms with Gasteiger partial charge in [0.25, 0.3) is 0 Å². The number of carbonyl (C=O) groups is 1. The summed E-state index contributed by atoms with van der Waals surface area (Å²) in [7, 11) is 0. The highest BCUT2D eigenvalue weighted by atomic mass is 16.1. The molecule has 98 valence electrons. The molecule has 2 aromatic rings. The summed E-state index contributed by atoms with van der Waals surface area (Å²) in [6, 6.07) is 16.2. The molecule has 0 fully saturated rings. The maximum atomic E-state index is 11.4. The van der Waals surface area contributed by atoms with Crippen LogP contribution in [0.25, 0.3) is 11.1 Å². The molecule has 1 amide bonds. The molecule has 0 bridgehead atoms. The lowest BCUT2D eigenvalue weighted by Crippen LogP contribution is -2.15. The van der Waals surface area contributed by atoms with Gasteiger partial charge in [-0.25, -0.2) is 0 Å². The molecule has 19 heavy (non-hydrogen) atoms. The van der Waals surface area contributed by atoms with Crippen LogP contribution in [0.5, 0.6) is 0 Å². The van der Waals surface area contributed by atoms with Crippen LogP contribution in [0.1, 0.15) is 12.0 Å². The molecule has 2 aromatic carbocycles. The Bertz CT molecular complexity index is 544. The Kier molecular flexibility index (Phi) is 4.31. The molecule has 3 heteroatoms. The summed E-state index contributed by atoms with van der Waals surface area (Å²) in [5, 5.41) is 2.81. The van der Waals surface area contributed by atoms with Gasteiger partial charge in [-0.05, 0) is 30.2 Å². The summed E-state index contributed by atoms with van der Waals surface area (Å²) in [4.78, 5) is 11.4. The Labute approximate surface area is 113 Å². The summed E-state index contributed by atoms with van der Waals surface area (Å²) in [6.45, 7) is 2.44. The molecule has 0 spiro atoms. The first kappa shape index (κ1) is 13.3. The molecule has 2 rings (SSSR count). The minimum atomic E-state index is -0.0504. The minimum Gasteiger partial charge on any atom is -0.330 e. The van der Waals surface area contributed by atoms with E-state index < -0.39 is 0 Å². The van der Waals surface area contributed by atoms with E-state index >= 15 is 0 Å². The van der Waals surface area contributed by atoms with Gasteiger partial charge in [-0.15, -0.1) is 0 Å². The van der Waals surface area contributed by atoms with Crippen molar-refractivity contribution in [1.29, 1.82) is 0 Å². The number of rotatable bonds is 4. The van der Waals surface area contributed by atoms with Crippen LogP contribution in [0.15, 0.2) is 48.5 Å². The summed E-state index contributed by atoms with van der Waals surface area (Å²) < 4.78 is 0. The molecule has 0 saturated carbocycles. The lowest BCUT2D eigenvalue weighted by atomic mass is 10.0. The number of carbonyl (C=O) groups excluding carboxylic acids is 1. The summed E-state index contributed by atoms with van der Waals surface area (Å²) in [6.07, 6.45) is 0.347. The van der Waals surface area contributed by atoms with Crippen molar-refractivity contribution in [1.82, 2.24) is 0 Å². The third-order valence-electron chi connectivity index (χ3n) is 2.92. The molecule has 0 aliphatic carbocycles. The van der Waals surface area contributed by atoms with Gasteiger partial charge in [0.1, 0.15) is 0 Å². The third-order valence-corrected chi connectivity index (χ3v) is 2.92. The Morgan fingerprint density at radius 3 is 2.05 bits per heavy atom. The zero-order chi connectivity index (χ0) is 13.7. The molecule has 0 aliphatic heterocycles. The smallest absolute Gasteiger partial charge is 0.225 e. The fourth-order valence-corrected chi connectivity index (χ4v) is 1.85. The van der Waals surface area contributed by atoms with Crippen LogP contribution >= 0.6 is 0 Å². The Morgan fingerprint density at radius 1 is 1.00 bits per heavy atom. The highest BCUT2D eigenvalue weighted by Crippen LogP contribution is 2.21. The van der Waals surface area contributed by atoms with Crippen LogP contribution in [0.4, 0.5) is 5.69 Å². The summed E-state index contributed by atoms with van der Waals surface area (Å²) >= 11 is 0. The van der Waals surface area contributed by atoms with Crippen LogP contribution in [0.3, 0.4) is 0 Å². The molecule has 0 heterocycles. The van der Waals surface area contributed by atoms with Gasteiger partial charge in [0.15, 0.2) is 0 Å². The normalized spacial score (nSPS) is 10.2. The van der Waals surface area contributed by atoms with Crippen LogP contribution in [0, 0.1) is 6.92 Å². The molecular formula is C16H18N2O. The predicted molar refractivity (Wildman–Crippen MR) is 78.9 cm³/mol. The number of nitrogens with one attached hydrogen (secondary N) is 1. The maximum Gasteiger partial charge on any atom is 0.225 e. The number of hydrogen-bond donors (Lipinski definition) is 2. The van der Waals surface area contributed by atoms with Gasteiger partial charge in [0.2, 0.25) is 5.91 Å². The van der Waals surface area contributed by atoms with Crippen molar-refractivity contribution in [3.8, 4) is 11.1 Å². The summed E-state index contributed by atoms with van der Waals surface area (Å²) in [5.41, 5.74) is 9.69. The second-order valence-corrected chi connectivity index (χ2v) is 4.53. The van der Waals surface area contributed by atoms with E-state index in [4.69, 9.17) is 5.73 Å². The monoisotopic (exact) mass is 254 g/mol. The number of benzene rings is 2. The number of hydrogen-bond acceptors (Lipinski definition) is 2. The predicted octanol–water partition coefficient (Wildman–Crippen LogP) is 2.95. The van der Waals surface area contributed by atoms with Crippen LogP contribution in [-0.2, 0) is 4.79 Å². The molecule has 0 atom stereocenters. The first-order chi connectivity index (χ1) is 9.19. The first-order valence-corrected chi connectivity index (χ1v) is 6.36. The van der Waals surface area contributed by atoms with E-state index in [2.05, 4.69) is 36.5 Å². The molecule has 3 N–H and O–H groups in total. The van der Waals surface area contributed by atoms with Crippen LogP contribution < -0.4 is 11.1 Å². The highest BCUT2D eigenvalue weighted by Gasteiger charge is 2.01. The van der Waals surface area contributed by atoms with Crippen LogP contribution in [-0.4, -0.2) is 12.5 Å². The van der Waals surface area contributed by atoms with Crippen molar-refractivity contribution in [3.63, 3.8) is 0 Å². The fraction of sp³-hybridized carbons (Fsp3) is 0.188. The van der Waals surface area contributed by atoms with Crippen molar-refractivity contribution in [2.24, 2.45) is 5.73 Å². The van der Waals surface area contributed by atoms with E-state index in [0.29, 0.717) is 13.0 Å². The van der Waals surface area contributed by atoms with Gasteiger partial charge in [0, 0.05) is 18.7 Å². The summed E-state index contributed by atoms with van der Waals surface area (Å²) in [5.74, 6) is -0.0504. The molecule has 0 aliphatic rings. The van der Waals surface area contributed by atoms with Crippen molar-refractivity contribution >= 4 is 11.6 Å². The van der Waals surface area contributed by atoms with Crippen molar-refractivity contribution in [2.45, 2.75) is 13.3 Å². The van der Waals surface area contributed by atoms with E-state index in [9.17, 15) is 4.79 Å². The topological polar surface area (TPSA) is 55.1 Å². The van der Waals surface area contributed by atoms with Crippen molar-refractivity contribution in [3.05, 3.63) is 54.1 Å². The Morgan fingerprint density at radius 2 is 1.53 bits per heavy atom. The zero-order valence-electron chi connectivity index (χ0n) is 11.0. The van der Waals surface area contributed by atoms with E-state index in [-0.39, 0.29) is 5.91 Å². The van der Waals surface area contributed by atoms with Crippen LogP contribution in [0.2, 0.25) is 0 Å². The Balaban J connectivity index is 2.10. The molecular weight excluding hydrogens is 236 g/mol. The SMILES string of the molecule is Cc1ccc(-c2ccc(NC(=O)CCN)cc2)cc1. The number of amides is 1. The lowest BCUT2D eigenvalue weighted by molar-refractivity contribution is -0.116. The molecule has 0 radical (unpaired) electrons. The molecule has 3 nitrogen and oxygen atoms in total. The Hall–Kier alpha value is -2.13. The molecule has 0 unspecified atom stereocenters. The quantitative estimate of drug-likeness (QED) is 0.881. The zero-order valence-corrected chi connectivity index (χ0v) is 11.0. The van der Waals surface area contributed by atoms with Gasteiger partial charge < -0.3 is 11.1 Å². The standard InChI is InChI=1S/C16H18N2O/c1-12-2-4-13(5-3-12)14-6-8-15(9-7-14)18-16(19)10-11-17/h2-9H,10-11,17H2,1H3,(H,18,19). The number of anilines is 1. The van der Waals surface area contributed by atoms with Gasteiger partial charge in [-0.3, -0.25) is 4.79 Å². The van der Waals surface area contributed by atoms with Gasteiger partial charge >= 0.3 is 0 Å². The van der Waals surface area contributed by atoms with Crippen molar-refractivity contribution < 1.29 is 4.79 Å². The van der Waals surface area contributed by atoms with Gasteiger partial charge in [-0.2, -0.15) is 0 Å². The third kappa shape index (κ3) is 3.66. The van der Waals surface area contributed by atoms with Gasteiger partial charge in [-0.1, -0.05) is 42.0 Å². The average Bonchev–Trinajstić information content (AvgIpc) is 2.41. The maximum absolute atomic E-state index is 11.4. The van der Waals surface area contributed by atoms with E-state index in [1.54, 1.807) is 0 Å². The first-order valence-electron chi connectivity index (χ1n) is 6.36. The van der Waals surface area contributed by atoms with Gasteiger partial charge in [0.05, 0.1) is 0 Å². The van der Waals surface area contributed by atoms with E-state index in [1.165, 1.54) is 11.1 Å². The minimum absolute atomic E-state index is 0.0504. The lowest BCUT2D eigenvalue weighted by Gasteiger charge is -2.06.